The molecule has 2 N–H and O–H groups in total. The van der Waals surface area contributed by atoms with E-state index in [0.717, 1.165) is 0 Å². The van der Waals surface area contributed by atoms with Crippen molar-refractivity contribution >= 4 is 17.5 Å². The number of hydrogen-bond donors (Lipinski definition) is 2. The van der Waals surface area contributed by atoms with Crippen molar-refractivity contribution in [1.29, 1.82) is 0 Å². The first-order valence-corrected chi connectivity index (χ1v) is 7.25. The number of morpholine rings is 1. The number of anilines is 1. The number of carbonyl (C=O) groups excluding carboxylic acids is 2. The van der Waals surface area contributed by atoms with E-state index in [9.17, 15) is 14.7 Å². The van der Waals surface area contributed by atoms with Gasteiger partial charge in [-0.3, -0.25) is 9.59 Å². The second-order valence-corrected chi connectivity index (χ2v) is 6.29. The normalized spacial score (nSPS) is 20.5. The maximum atomic E-state index is 12.7. The van der Waals surface area contributed by atoms with Crippen LogP contribution in [0.5, 0.6) is 5.75 Å². The van der Waals surface area contributed by atoms with E-state index >= 15 is 0 Å². The van der Waals surface area contributed by atoms with Gasteiger partial charge in [0.05, 0.1) is 17.3 Å². The van der Waals surface area contributed by atoms with Gasteiger partial charge in [0.25, 0.3) is 5.91 Å². The minimum absolute atomic E-state index is 0.0756. The van der Waals surface area contributed by atoms with E-state index in [1.165, 1.54) is 19.1 Å². The monoisotopic (exact) mass is 306 g/mol. The van der Waals surface area contributed by atoms with E-state index in [1.54, 1.807) is 11.0 Å². The Morgan fingerprint density at radius 2 is 2.09 bits per heavy atom. The lowest BCUT2D eigenvalue weighted by atomic mass is 10.0. The van der Waals surface area contributed by atoms with Gasteiger partial charge in [-0.25, -0.2) is 0 Å². The SMILES string of the molecule is CC(=O)Nc1ccc(O)c(C(=O)N2CC(C)OC(C)(C)C2)c1. The largest absolute Gasteiger partial charge is 0.507 e. The molecule has 120 valence electrons. The molecule has 22 heavy (non-hydrogen) atoms. The summed E-state index contributed by atoms with van der Waals surface area (Å²) in [6, 6.07) is 4.46. The summed E-state index contributed by atoms with van der Waals surface area (Å²) in [5.41, 5.74) is 0.225. The standard InChI is InChI=1S/C16H22N2O4/c1-10-8-18(9-16(3,4)22-10)15(21)13-7-12(17-11(2)19)5-6-14(13)20/h5-7,10,20H,8-9H2,1-4H3,(H,17,19). The van der Waals surface area contributed by atoms with Crippen molar-refractivity contribution in [2.75, 3.05) is 18.4 Å². The lowest BCUT2D eigenvalue weighted by Crippen LogP contribution is -2.53. The second kappa shape index (κ2) is 5.96. The van der Waals surface area contributed by atoms with E-state index in [1.807, 2.05) is 20.8 Å². The van der Waals surface area contributed by atoms with Crippen LogP contribution in [-0.4, -0.2) is 46.6 Å². The van der Waals surface area contributed by atoms with Crippen molar-refractivity contribution in [3.05, 3.63) is 23.8 Å². The Morgan fingerprint density at radius 1 is 1.41 bits per heavy atom. The molecule has 1 aromatic rings. The van der Waals surface area contributed by atoms with Gasteiger partial charge in [0.15, 0.2) is 0 Å². The molecule has 2 rings (SSSR count). The number of aromatic hydroxyl groups is 1. The van der Waals surface area contributed by atoms with E-state index in [4.69, 9.17) is 4.74 Å². The number of hydrogen-bond acceptors (Lipinski definition) is 4. The first-order valence-electron chi connectivity index (χ1n) is 7.25. The molecule has 0 radical (unpaired) electrons. The van der Waals surface area contributed by atoms with Crippen molar-refractivity contribution in [2.45, 2.75) is 39.4 Å². The van der Waals surface area contributed by atoms with Gasteiger partial charge in [0.1, 0.15) is 5.75 Å². The van der Waals surface area contributed by atoms with E-state index in [-0.39, 0.29) is 29.2 Å². The fourth-order valence-corrected chi connectivity index (χ4v) is 2.77. The number of phenolic OH excluding ortho intramolecular Hbond substituents is 1. The Morgan fingerprint density at radius 3 is 2.68 bits per heavy atom. The highest BCUT2D eigenvalue weighted by atomic mass is 16.5. The minimum atomic E-state index is -0.432. The van der Waals surface area contributed by atoms with Crippen LogP contribution in [0.4, 0.5) is 5.69 Å². The quantitative estimate of drug-likeness (QED) is 0.819. The number of carbonyl (C=O) groups is 2. The number of rotatable bonds is 2. The molecule has 0 aliphatic carbocycles. The minimum Gasteiger partial charge on any atom is -0.507 e. The molecular weight excluding hydrogens is 284 g/mol. The third-order valence-electron chi connectivity index (χ3n) is 3.40. The molecule has 6 heteroatoms. The summed E-state index contributed by atoms with van der Waals surface area (Å²) in [5.74, 6) is -0.603. The Hall–Kier alpha value is -2.08. The van der Waals surface area contributed by atoms with Crippen molar-refractivity contribution < 1.29 is 19.4 Å². The van der Waals surface area contributed by atoms with Crippen LogP contribution in [0.2, 0.25) is 0 Å². The number of ether oxygens (including phenoxy) is 1. The second-order valence-electron chi connectivity index (χ2n) is 6.29. The van der Waals surface area contributed by atoms with E-state index < -0.39 is 5.60 Å². The molecule has 1 aromatic carbocycles. The summed E-state index contributed by atoms with van der Waals surface area (Å²) < 4.78 is 5.78. The molecule has 1 atom stereocenters. The highest BCUT2D eigenvalue weighted by Gasteiger charge is 2.34. The Labute approximate surface area is 130 Å². The molecule has 1 aliphatic rings. The topological polar surface area (TPSA) is 78.9 Å². The molecule has 1 saturated heterocycles. The van der Waals surface area contributed by atoms with E-state index in [2.05, 4.69) is 5.32 Å². The van der Waals surface area contributed by atoms with Gasteiger partial charge in [0.2, 0.25) is 5.91 Å². The highest BCUT2D eigenvalue weighted by molar-refractivity contribution is 5.99. The molecule has 1 fully saturated rings. The molecule has 0 saturated carbocycles. The van der Waals surface area contributed by atoms with Crippen LogP contribution in [0.15, 0.2) is 18.2 Å². The molecule has 0 aromatic heterocycles. The van der Waals surface area contributed by atoms with Gasteiger partial charge in [-0.2, -0.15) is 0 Å². The molecule has 6 nitrogen and oxygen atoms in total. The predicted octanol–water partition coefficient (Wildman–Crippen LogP) is 1.99. The molecule has 2 amide bonds. The Kier molecular flexibility index (Phi) is 4.42. The lowest BCUT2D eigenvalue weighted by molar-refractivity contribution is -0.118. The summed E-state index contributed by atoms with van der Waals surface area (Å²) in [5, 5.41) is 12.6. The molecule has 1 heterocycles. The van der Waals surface area contributed by atoms with Crippen LogP contribution >= 0.6 is 0 Å². The average molecular weight is 306 g/mol. The fourth-order valence-electron chi connectivity index (χ4n) is 2.77. The Bertz CT molecular complexity index is 598. The number of nitrogens with one attached hydrogen (secondary N) is 1. The van der Waals surface area contributed by atoms with Gasteiger partial charge >= 0.3 is 0 Å². The summed E-state index contributed by atoms with van der Waals surface area (Å²) in [7, 11) is 0. The summed E-state index contributed by atoms with van der Waals surface area (Å²) in [6.45, 7) is 8.06. The van der Waals surface area contributed by atoms with Crippen LogP contribution in [0.3, 0.4) is 0 Å². The van der Waals surface area contributed by atoms with Crippen LogP contribution in [-0.2, 0) is 9.53 Å². The van der Waals surface area contributed by atoms with Gasteiger partial charge in [-0.1, -0.05) is 0 Å². The fraction of sp³-hybridized carbons (Fsp3) is 0.500. The maximum Gasteiger partial charge on any atom is 0.257 e. The third-order valence-corrected chi connectivity index (χ3v) is 3.40. The third kappa shape index (κ3) is 3.76. The zero-order chi connectivity index (χ0) is 16.5. The maximum absolute atomic E-state index is 12.7. The van der Waals surface area contributed by atoms with E-state index in [0.29, 0.717) is 18.8 Å². The number of amides is 2. The highest BCUT2D eigenvalue weighted by Crippen LogP contribution is 2.27. The number of phenols is 1. The van der Waals surface area contributed by atoms with Crippen molar-refractivity contribution in [2.24, 2.45) is 0 Å². The summed E-state index contributed by atoms with van der Waals surface area (Å²) in [6.07, 6.45) is -0.0756. The van der Waals surface area contributed by atoms with Crippen molar-refractivity contribution in [3.63, 3.8) is 0 Å². The van der Waals surface area contributed by atoms with Gasteiger partial charge in [-0.15, -0.1) is 0 Å². The zero-order valence-electron chi connectivity index (χ0n) is 13.3. The summed E-state index contributed by atoms with van der Waals surface area (Å²) >= 11 is 0. The van der Waals surface area contributed by atoms with Crippen LogP contribution < -0.4 is 5.32 Å². The Balaban J connectivity index is 2.26. The van der Waals surface area contributed by atoms with Gasteiger partial charge in [-0.05, 0) is 39.0 Å². The van der Waals surface area contributed by atoms with Gasteiger partial charge < -0.3 is 20.1 Å². The van der Waals surface area contributed by atoms with Crippen LogP contribution in [0.1, 0.15) is 38.1 Å². The molecule has 1 unspecified atom stereocenters. The van der Waals surface area contributed by atoms with Crippen LogP contribution in [0, 0.1) is 0 Å². The smallest absolute Gasteiger partial charge is 0.257 e. The zero-order valence-corrected chi connectivity index (χ0v) is 13.3. The first-order chi connectivity index (χ1) is 10.2. The van der Waals surface area contributed by atoms with Gasteiger partial charge in [0, 0.05) is 25.7 Å². The van der Waals surface area contributed by atoms with Crippen molar-refractivity contribution in [1.82, 2.24) is 4.90 Å². The molecule has 0 spiro atoms. The molecule has 1 aliphatic heterocycles. The summed E-state index contributed by atoms with van der Waals surface area (Å²) in [4.78, 5) is 25.5. The molecular formula is C16H22N2O4. The lowest BCUT2D eigenvalue weighted by Gasteiger charge is -2.41. The predicted molar refractivity (Wildman–Crippen MR) is 82.9 cm³/mol. The first kappa shape index (κ1) is 16.3. The van der Waals surface area contributed by atoms with Crippen molar-refractivity contribution in [3.8, 4) is 5.75 Å². The molecule has 0 bridgehead atoms. The average Bonchev–Trinajstić information content (AvgIpc) is 2.37. The number of benzene rings is 1. The van der Waals surface area contributed by atoms with Crippen LogP contribution in [0.25, 0.3) is 0 Å². The number of nitrogens with zero attached hydrogens (tertiary/aromatic N) is 1.